The first-order chi connectivity index (χ1) is 10.7. The first kappa shape index (κ1) is 15.6. The van der Waals surface area contributed by atoms with Crippen molar-refractivity contribution in [3.63, 3.8) is 0 Å². The molecule has 0 atom stereocenters. The van der Waals surface area contributed by atoms with Gasteiger partial charge in [0.25, 0.3) is 5.91 Å². The molecule has 2 aromatic rings. The van der Waals surface area contributed by atoms with Crippen molar-refractivity contribution in [1.82, 2.24) is 4.57 Å². The number of hydrogen-bond donors (Lipinski definition) is 0. The van der Waals surface area contributed by atoms with E-state index in [4.69, 9.17) is 0 Å². The Morgan fingerprint density at radius 2 is 2.32 bits per heavy atom. The van der Waals surface area contributed by atoms with E-state index in [-0.39, 0.29) is 5.91 Å². The van der Waals surface area contributed by atoms with Crippen LogP contribution in [-0.2, 0) is 12.8 Å². The Balaban J connectivity index is 1.81. The second-order valence-corrected chi connectivity index (χ2v) is 7.83. The van der Waals surface area contributed by atoms with Crippen LogP contribution in [0.4, 0.5) is 0 Å². The van der Waals surface area contributed by atoms with E-state index in [1.54, 1.807) is 23.5 Å². The molecule has 1 amide bonds. The van der Waals surface area contributed by atoms with Crippen LogP contribution in [-0.4, -0.2) is 27.1 Å². The van der Waals surface area contributed by atoms with Crippen molar-refractivity contribution in [3.8, 4) is 0 Å². The molecule has 0 spiro atoms. The van der Waals surface area contributed by atoms with E-state index in [1.807, 2.05) is 47.5 Å². The summed E-state index contributed by atoms with van der Waals surface area (Å²) in [5.74, 6) is 1.63. The molecule has 0 unspecified atom stereocenters. The van der Waals surface area contributed by atoms with Crippen molar-refractivity contribution in [2.24, 2.45) is 17.0 Å². The number of aliphatic imine (C=N–C) groups is 1. The molecule has 0 fully saturated rings. The number of amides is 1. The first-order valence-electron chi connectivity index (χ1n) is 6.81. The van der Waals surface area contributed by atoms with Gasteiger partial charge in [-0.25, -0.2) is 0 Å². The number of rotatable bonds is 3. The van der Waals surface area contributed by atoms with Crippen LogP contribution in [0.3, 0.4) is 0 Å². The number of aromatic nitrogens is 1. The normalized spacial score (nSPS) is 15.1. The van der Waals surface area contributed by atoms with Crippen molar-refractivity contribution >= 4 is 45.1 Å². The molecule has 0 saturated carbocycles. The summed E-state index contributed by atoms with van der Waals surface area (Å²) in [6, 6.07) is 7.68. The zero-order valence-electron chi connectivity index (χ0n) is 12.1. The molecular weight excluding hydrogens is 334 g/mol. The molecule has 114 valence electrons. The smallest absolute Gasteiger partial charge is 0.279 e. The lowest BCUT2D eigenvalue weighted by atomic mass is 10.1. The van der Waals surface area contributed by atoms with Gasteiger partial charge in [-0.15, -0.1) is 11.3 Å². The summed E-state index contributed by atoms with van der Waals surface area (Å²) in [5.41, 5.74) is 1.68. The number of thioether (sulfide) groups is 2. The van der Waals surface area contributed by atoms with Crippen LogP contribution in [0.2, 0.25) is 0 Å². The van der Waals surface area contributed by atoms with Crippen molar-refractivity contribution in [1.29, 1.82) is 0 Å². The third kappa shape index (κ3) is 3.71. The number of hydrogen-bond acceptors (Lipinski definition) is 5. The average molecular weight is 350 g/mol. The van der Waals surface area contributed by atoms with Gasteiger partial charge in [-0.3, -0.25) is 9.79 Å². The van der Waals surface area contributed by atoms with Gasteiger partial charge in [0, 0.05) is 35.7 Å². The summed E-state index contributed by atoms with van der Waals surface area (Å²) in [6.07, 6.45) is 1.90. The van der Waals surface area contributed by atoms with Crippen LogP contribution in [0.15, 0.2) is 45.8 Å². The lowest BCUT2D eigenvalue weighted by Gasteiger charge is -2.05. The van der Waals surface area contributed by atoms with Gasteiger partial charge in [0.15, 0.2) is 4.80 Å². The summed E-state index contributed by atoms with van der Waals surface area (Å²) in [5, 5.41) is 1.92. The van der Waals surface area contributed by atoms with Crippen molar-refractivity contribution < 1.29 is 4.79 Å². The van der Waals surface area contributed by atoms with Crippen LogP contribution in [0.5, 0.6) is 0 Å². The molecule has 1 aromatic carbocycles. The summed E-state index contributed by atoms with van der Waals surface area (Å²) >= 11 is 4.94. The van der Waals surface area contributed by atoms with Crippen LogP contribution >= 0.6 is 34.9 Å². The predicted octanol–water partition coefficient (Wildman–Crippen LogP) is 3.16. The topological polar surface area (TPSA) is 46.7 Å². The van der Waals surface area contributed by atoms with E-state index in [0.717, 1.165) is 28.0 Å². The van der Waals surface area contributed by atoms with E-state index in [2.05, 4.69) is 9.98 Å². The molecular formula is C15H15N3OS3. The molecule has 1 aliphatic heterocycles. The maximum absolute atomic E-state index is 12.5. The van der Waals surface area contributed by atoms with Gasteiger partial charge in [-0.1, -0.05) is 41.7 Å². The Kier molecular flexibility index (Phi) is 5.17. The van der Waals surface area contributed by atoms with E-state index in [1.165, 1.54) is 11.3 Å². The fourth-order valence-electron chi connectivity index (χ4n) is 1.98. The van der Waals surface area contributed by atoms with Gasteiger partial charge in [-0.2, -0.15) is 4.99 Å². The summed E-state index contributed by atoms with van der Waals surface area (Å²) in [6.45, 7) is 0.901. The van der Waals surface area contributed by atoms with Crippen molar-refractivity contribution in [2.45, 2.75) is 5.75 Å². The number of aryl methyl sites for hydroxylation is 1. The highest BCUT2D eigenvalue weighted by atomic mass is 32.2. The molecule has 3 rings (SSSR count). The lowest BCUT2D eigenvalue weighted by molar-refractivity contribution is 0.0997. The largest absolute Gasteiger partial charge is 0.327 e. The molecule has 1 aliphatic rings. The Labute approximate surface area is 141 Å². The number of thiazole rings is 1. The Morgan fingerprint density at radius 3 is 3.05 bits per heavy atom. The van der Waals surface area contributed by atoms with Gasteiger partial charge < -0.3 is 4.57 Å². The summed E-state index contributed by atoms with van der Waals surface area (Å²) < 4.78 is 2.97. The van der Waals surface area contributed by atoms with Crippen LogP contribution in [0, 0.1) is 0 Å². The minimum Gasteiger partial charge on any atom is -0.327 e. The number of carbonyl (C=O) groups is 1. The van der Waals surface area contributed by atoms with E-state index >= 15 is 0 Å². The van der Waals surface area contributed by atoms with E-state index in [9.17, 15) is 4.79 Å². The molecule has 0 N–H and O–H groups in total. The fraction of sp³-hybridized carbons (Fsp3) is 0.267. The molecule has 2 heterocycles. The zero-order valence-corrected chi connectivity index (χ0v) is 14.5. The average Bonchev–Trinajstić information content (AvgIpc) is 3.18. The van der Waals surface area contributed by atoms with Gasteiger partial charge in [0.1, 0.15) is 4.38 Å². The van der Waals surface area contributed by atoms with E-state index < -0.39 is 0 Å². The summed E-state index contributed by atoms with van der Waals surface area (Å²) in [4.78, 5) is 21.8. The quantitative estimate of drug-likeness (QED) is 0.855. The highest BCUT2D eigenvalue weighted by Crippen LogP contribution is 2.26. The van der Waals surface area contributed by atoms with Crippen LogP contribution < -0.4 is 4.80 Å². The third-order valence-electron chi connectivity index (χ3n) is 3.11. The Morgan fingerprint density at radius 1 is 1.45 bits per heavy atom. The third-order valence-corrected chi connectivity index (χ3v) is 6.26. The van der Waals surface area contributed by atoms with Gasteiger partial charge >= 0.3 is 0 Å². The van der Waals surface area contributed by atoms with Gasteiger partial charge in [0.2, 0.25) is 0 Å². The molecule has 7 heteroatoms. The molecule has 0 saturated heterocycles. The fourth-order valence-corrected chi connectivity index (χ4v) is 4.72. The SMILES string of the molecule is Cn1ccsc1=NC(=O)c1ccccc1CSC1=NCCS1. The van der Waals surface area contributed by atoms with Gasteiger partial charge in [0.05, 0.1) is 6.54 Å². The lowest BCUT2D eigenvalue weighted by Crippen LogP contribution is -2.13. The number of nitrogens with zero attached hydrogens (tertiary/aromatic N) is 3. The first-order valence-corrected chi connectivity index (χ1v) is 9.66. The molecule has 0 radical (unpaired) electrons. The number of carbonyl (C=O) groups excluding carboxylic acids is 1. The molecule has 1 aromatic heterocycles. The van der Waals surface area contributed by atoms with Gasteiger partial charge in [-0.05, 0) is 11.6 Å². The molecule has 0 aliphatic carbocycles. The highest BCUT2D eigenvalue weighted by molar-refractivity contribution is 8.38. The standard InChI is InChI=1S/C15H15N3OS3/c1-18-7-9-20-14(18)17-13(19)12-5-3-2-4-11(12)10-22-15-16-6-8-21-15/h2-5,7,9H,6,8,10H2,1H3. The second-order valence-electron chi connectivity index (χ2n) is 4.66. The second kappa shape index (κ2) is 7.30. The Bertz CT molecular complexity index is 776. The molecule has 22 heavy (non-hydrogen) atoms. The van der Waals surface area contributed by atoms with E-state index in [0.29, 0.717) is 10.4 Å². The monoisotopic (exact) mass is 349 g/mol. The van der Waals surface area contributed by atoms with Crippen molar-refractivity contribution in [3.05, 3.63) is 51.8 Å². The minimum atomic E-state index is -0.185. The Hall–Kier alpha value is -1.31. The number of benzene rings is 1. The van der Waals surface area contributed by atoms with Crippen molar-refractivity contribution in [2.75, 3.05) is 12.3 Å². The molecule has 0 bridgehead atoms. The maximum Gasteiger partial charge on any atom is 0.279 e. The van der Waals surface area contributed by atoms with Crippen LogP contribution in [0.25, 0.3) is 0 Å². The predicted molar refractivity (Wildman–Crippen MR) is 95.7 cm³/mol. The maximum atomic E-state index is 12.5. The summed E-state index contributed by atoms with van der Waals surface area (Å²) in [7, 11) is 1.89. The minimum absolute atomic E-state index is 0.185. The zero-order chi connectivity index (χ0) is 15.4. The highest BCUT2D eigenvalue weighted by Gasteiger charge is 2.13. The van der Waals surface area contributed by atoms with Crippen LogP contribution in [0.1, 0.15) is 15.9 Å². The molecule has 4 nitrogen and oxygen atoms in total.